The van der Waals surface area contributed by atoms with Crippen molar-refractivity contribution in [2.24, 2.45) is 0 Å². The highest BCUT2D eigenvalue weighted by Crippen LogP contribution is 1.97. The molecule has 4 heteroatoms. The molecule has 12 heavy (non-hydrogen) atoms. The van der Waals surface area contributed by atoms with Gasteiger partial charge in [-0.05, 0) is 12.0 Å². The number of benzene rings is 1. The normalized spacial score (nSPS) is 9.08. The summed E-state index contributed by atoms with van der Waals surface area (Å²) in [5.41, 5.74) is 1.41. The van der Waals surface area contributed by atoms with Crippen LogP contribution in [0.5, 0.6) is 0 Å². The summed E-state index contributed by atoms with van der Waals surface area (Å²) in [6.45, 7) is 0.440. The van der Waals surface area contributed by atoms with Crippen molar-refractivity contribution < 1.29 is 0 Å². The molecule has 0 nitrogen and oxygen atoms in total. The average molecular weight is 242 g/mol. The van der Waals surface area contributed by atoms with Crippen LogP contribution in [0.1, 0.15) is 12.5 Å². The van der Waals surface area contributed by atoms with Crippen molar-refractivity contribution in [1.29, 1.82) is 0 Å². The Balaban J connectivity index is 0.000000261. The minimum Gasteiger partial charge on any atom is -0.130 e. The summed E-state index contributed by atoms with van der Waals surface area (Å²) in [5, 5.41) is 0. The first-order chi connectivity index (χ1) is 5.66. The van der Waals surface area contributed by atoms with Gasteiger partial charge >= 0.3 is 6.73 Å². The molecule has 0 unspecified atom stereocenters. The molecule has 0 aliphatic heterocycles. The topological polar surface area (TPSA) is 0 Å². The molecule has 0 saturated carbocycles. The van der Waals surface area contributed by atoms with Gasteiger partial charge in [0.1, 0.15) is 0 Å². The summed E-state index contributed by atoms with van der Waals surface area (Å²) >= 11 is 14.8. The van der Waals surface area contributed by atoms with Crippen molar-refractivity contribution in [1.82, 2.24) is 0 Å². The van der Waals surface area contributed by atoms with Crippen molar-refractivity contribution >= 4 is 40.0 Å². The van der Waals surface area contributed by atoms with Crippen LogP contribution in [0.2, 0.25) is 0 Å². The number of hydrogen-bond donors (Lipinski definition) is 0. The molecule has 0 aromatic heterocycles. The smallest absolute Gasteiger partial charge is 0.130 e. The molecule has 0 radical (unpaired) electrons. The second-order valence-electron chi connectivity index (χ2n) is 2.09. The van der Waals surface area contributed by atoms with Crippen LogP contribution in [0.3, 0.4) is 0 Å². The molecule has 68 valence electrons. The zero-order valence-corrected chi connectivity index (χ0v) is 10.2. The maximum atomic E-state index is 4.94. The van der Waals surface area contributed by atoms with Crippen molar-refractivity contribution in [3.63, 3.8) is 0 Å². The van der Waals surface area contributed by atoms with Crippen LogP contribution in [0.15, 0.2) is 30.3 Å². The van der Waals surface area contributed by atoms with Gasteiger partial charge in [0.05, 0.1) is 0 Å². The lowest BCUT2D eigenvalue weighted by Gasteiger charge is -1.89. The Kier molecular flexibility index (Phi) is 8.13. The summed E-state index contributed by atoms with van der Waals surface area (Å²) in [4.78, 5) is 0. The number of halogens is 3. The van der Waals surface area contributed by atoms with E-state index in [1.165, 1.54) is 5.56 Å². The second kappa shape index (κ2) is 7.93. The first-order valence-corrected chi connectivity index (χ1v) is 8.86. The minimum absolute atomic E-state index is 1.14. The summed E-state index contributed by atoms with van der Waals surface area (Å²) in [7, 11) is 0. The lowest BCUT2D eigenvalue weighted by Crippen LogP contribution is -1.73. The molecule has 0 amide bonds. The van der Waals surface area contributed by atoms with E-state index in [9.17, 15) is 0 Å². The molecule has 1 rings (SSSR count). The monoisotopic (exact) mass is 240 g/mol. The average Bonchev–Trinajstić information content (AvgIpc) is 2.05. The standard InChI is InChI=1S/C8H10.Cl3HSi/c1-2-8-6-4-3-5-7-8;1-4(2)3/h3-7H,2H2,1H3;4H. The first kappa shape index (κ1) is 12.3. The van der Waals surface area contributed by atoms with E-state index in [4.69, 9.17) is 33.2 Å². The highest BCUT2D eigenvalue weighted by molar-refractivity contribution is 7.54. The van der Waals surface area contributed by atoms with Crippen LogP contribution in [0, 0.1) is 0 Å². The zero-order valence-electron chi connectivity index (χ0n) is 6.81. The van der Waals surface area contributed by atoms with Crippen molar-refractivity contribution in [3.8, 4) is 0 Å². The van der Waals surface area contributed by atoms with Crippen LogP contribution < -0.4 is 0 Å². The Morgan fingerprint density at radius 2 is 1.50 bits per heavy atom. The molecular weight excluding hydrogens is 231 g/mol. The quantitative estimate of drug-likeness (QED) is 0.520. The summed E-state index contributed by atoms with van der Waals surface area (Å²) in [5.74, 6) is 0. The van der Waals surface area contributed by atoms with Gasteiger partial charge in [-0.3, -0.25) is 0 Å². The van der Waals surface area contributed by atoms with Crippen molar-refractivity contribution in [2.45, 2.75) is 13.3 Å². The molecule has 0 atom stereocenters. The van der Waals surface area contributed by atoms with Crippen LogP contribution in [0.4, 0.5) is 0 Å². The molecule has 0 aliphatic carbocycles. The molecule has 1 aromatic rings. The van der Waals surface area contributed by atoms with Gasteiger partial charge in [-0.1, -0.05) is 37.3 Å². The third kappa shape index (κ3) is 8.40. The Bertz CT molecular complexity index is 186. The second-order valence-corrected chi connectivity index (χ2v) is 8.52. The molecule has 0 N–H and O–H groups in total. The SMILES string of the molecule is CCc1ccccc1.Cl[SiH](Cl)Cl. The predicted molar refractivity (Wildman–Crippen MR) is 60.5 cm³/mol. The molecule has 0 fully saturated rings. The molecule has 0 bridgehead atoms. The van der Waals surface area contributed by atoms with Gasteiger partial charge in [0.2, 0.25) is 0 Å². The van der Waals surface area contributed by atoms with Crippen molar-refractivity contribution in [2.75, 3.05) is 0 Å². The van der Waals surface area contributed by atoms with E-state index in [0.29, 0.717) is 0 Å². The molecular formula is C8H11Cl3Si. The fraction of sp³-hybridized carbons (Fsp3) is 0.250. The van der Waals surface area contributed by atoms with E-state index in [2.05, 4.69) is 31.2 Å². The Labute approximate surface area is 89.2 Å². The third-order valence-corrected chi connectivity index (χ3v) is 1.25. The van der Waals surface area contributed by atoms with Gasteiger partial charge in [-0.2, -0.15) is 0 Å². The maximum Gasteiger partial charge on any atom is 0.326 e. The molecule has 1 aromatic carbocycles. The Hall–Kier alpha value is 0.307. The number of rotatable bonds is 1. The van der Waals surface area contributed by atoms with Gasteiger partial charge < -0.3 is 0 Å². The lowest BCUT2D eigenvalue weighted by atomic mass is 10.2. The van der Waals surface area contributed by atoms with Gasteiger partial charge in [-0.25, -0.2) is 0 Å². The Morgan fingerprint density at radius 1 is 1.08 bits per heavy atom. The largest absolute Gasteiger partial charge is 0.326 e. The minimum atomic E-state index is -1.72. The zero-order chi connectivity index (χ0) is 9.40. The van der Waals surface area contributed by atoms with Crippen LogP contribution in [-0.2, 0) is 6.42 Å². The number of aryl methyl sites for hydroxylation is 1. The van der Waals surface area contributed by atoms with E-state index < -0.39 is 6.73 Å². The lowest BCUT2D eigenvalue weighted by molar-refractivity contribution is 1.14. The van der Waals surface area contributed by atoms with Crippen LogP contribution in [-0.4, -0.2) is 6.73 Å². The highest BCUT2D eigenvalue weighted by Gasteiger charge is 1.85. The van der Waals surface area contributed by atoms with E-state index in [0.717, 1.165) is 6.42 Å². The van der Waals surface area contributed by atoms with Crippen LogP contribution in [0.25, 0.3) is 0 Å². The fourth-order valence-electron chi connectivity index (χ4n) is 0.714. The molecule has 0 spiro atoms. The maximum absolute atomic E-state index is 4.94. The van der Waals surface area contributed by atoms with Crippen LogP contribution >= 0.6 is 33.2 Å². The molecule has 0 heterocycles. The van der Waals surface area contributed by atoms with E-state index in [-0.39, 0.29) is 0 Å². The first-order valence-electron chi connectivity index (χ1n) is 3.63. The molecule has 0 aliphatic rings. The van der Waals surface area contributed by atoms with Gasteiger partial charge in [-0.15, -0.1) is 33.2 Å². The predicted octanol–water partition coefficient (Wildman–Crippen LogP) is 3.67. The third-order valence-electron chi connectivity index (χ3n) is 1.25. The van der Waals surface area contributed by atoms with Gasteiger partial charge in [0, 0.05) is 0 Å². The molecule has 0 saturated heterocycles. The Morgan fingerprint density at radius 3 is 1.75 bits per heavy atom. The van der Waals surface area contributed by atoms with Gasteiger partial charge in [0.25, 0.3) is 0 Å². The van der Waals surface area contributed by atoms with Gasteiger partial charge in [0.15, 0.2) is 0 Å². The highest BCUT2D eigenvalue weighted by atomic mass is 35.8. The summed E-state index contributed by atoms with van der Waals surface area (Å²) in [6.07, 6.45) is 1.14. The fourth-order valence-corrected chi connectivity index (χ4v) is 0.714. The van der Waals surface area contributed by atoms with Crippen molar-refractivity contribution in [3.05, 3.63) is 35.9 Å². The number of hydrogen-bond acceptors (Lipinski definition) is 0. The summed E-state index contributed by atoms with van der Waals surface area (Å²) in [6, 6.07) is 10.5. The van der Waals surface area contributed by atoms with E-state index >= 15 is 0 Å². The van der Waals surface area contributed by atoms with E-state index in [1.54, 1.807) is 0 Å². The summed E-state index contributed by atoms with van der Waals surface area (Å²) < 4.78 is 0. The van der Waals surface area contributed by atoms with E-state index in [1.807, 2.05) is 6.07 Å².